The van der Waals surface area contributed by atoms with Crippen LogP contribution < -0.4 is 0 Å². The SMILES string of the molecule is C1=CC(c2ccccc2)(c2ccccn2)Cc2[nH]nc(-c3ccncc3)c21. The Morgan fingerprint density at radius 2 is 1.67 bits per heavy atom. The molecule has 1 aliphatic rings. The van der Waals surface area contributed by atoms with Gasteiger partial charge in [-0.2, -0.15) is 5.10 Å². The Morgan fingerprint density at radius 3 is 2.44 bits per heavy atom. The van der Waals surface area contributed by atoms with Crippen molar-refractivity contribution in [3.05, 3.63) is 108 Å². The monoisotopic (exact) mass is 350 g/mol. The molecule has 3 aromatic heterocycles. The van der Waals surface area contributed by atoms with Gasteiger partial charge in [-0.05, 0) is 29.8 Å². The van der Waals surface area contributed by atoms with Crippen LogP contribution in [0.15, 0.2) is 85.3 Å². The normalized spacial score (nSPS) is 18.2. The second kappa shape index (κ2) is 6.32. The smallest absolute Gasteiger partial charge is 0.0996 e. The van der Waals surface area contributed by atoms with Crippen molar-refractivity contribution in [1.29, 1.82) is 0 Å². The van der Waals surface area contributed by atoms with Crippen molar-refractivity contribution in [2.75, 3.05) is 0 Å². The first-order chi connectivity index (χ1) is 13.4. The van der Waals surface area contributed by atoms with Gasteiger partial charge in [0.15, 0.2) is 0 Å². The van der Waals surface area contributed by atoms with Crippen LogP contribution in [0.4, 0.5) is 0 Å². The fourth-order valence-electron chi connectivity index (χ4n) is 3.88. The molecule has 0 fully saturated rings. The molecule has 0 amide bonds. The quantitative estimate of drug-likeness (QED) is 0.595. The summed E-state index contributed by atoms with van der Waals surface area (Å²) >= 11 is 0. The van der Waals surface area contributed by atoms with Crippen LogP contribution in [0.2, 0.25) is 0 Å². The molecule has 1 aromatic carbocycles. The number of pyridine rings is 2. The predicted molar refractivity (Wildman–Crippen MR) is 106 cm³/mol. The Morgan fingerprint density at radius 1 is 0.852 bits per heavy atom. The highest BCUT2D eigenvalue weighted by atomic mass is 15.1. The van der Waals surface area contributed by atoms with E-state index in [2.05, 4.69) is 57.7 Å². The summed E-state index contributed by atoms with van der Waals surface area (Å²) in [6.07, 6.45) is 10.7. The summed E-state index contributed by atoms with van der Waals surface area (Å²) in [6, 6.07) is 20.6. The summed E-state index contributed by atoms with van der Waals surface area (Å²) < 4.78 is 0. The number of nitrogens with one attached hydrogen (secondary N) is 1. The van der Waals surface area contributed by atoms with Gasteiger partial charge >= 0.3 is 0 Å². The number of rotatable bonds is 3. The van der Waals surface area contributed by atoms with E-state index in [9.17, 15) is 0 Å². The highest BCUT2D eigenvalue weighted by Crippen LogP contribution is 2.42. The number of fused-ring (bicyclic) bond motifs is 1. The fourth-order valence-corrected chi connectivity index (χ4v) is 3.88. The summed E-state index contributed by atoms with van der Waals surface area (Å²) in [6.45, 7) is 0. The second-order valence-electron chi connectivity index (χ2n) is 6.76. The Labute approximate surface area is 157 Å². The average Bonchev–Trinajstić information content (AvgIpc) is 3.18. The first-order valence-electron chi connectivity index (χ1n) is 9.01. The number of benzene rings is 1. The molecule has 0 radical (unpaired) electrons. The maximum Gasteiger partial charge on any atom is 0.0996 e. The van der Waals surface area contributed by atoms with Crippen LogP contribution in [0.3, 0.4) is 0 Å². The lowest BCUT2D eigenvalue weighted by Crippen LogP contribution is -2.31. The number of H-pyrrole nitrogens is 1. The Hall–Kier alpha value is -3.53. The summed E-state index contributed by atoms with van der Waals surface area (Å²) in [5, 5.41) is 7.87. The first kappa shape index (κ1) is 15.7. The fraction of sp³-hybridized carbons (Fsp3) is 0.0870. The molecule has 130 valence electrons. The van der Waals surface area contributed by atoms with E-state index in [4.69, 9.17) is 4.98 Å². The van der Waals surface area contributed by atoms with Crippen LogP contribution in [0.5, 0.6) is 0 Å². The van der Waals surface area contributed by atoms with E-state index >= 15 is 0 Å². The van der Waals surface area contributed by atoms with E-state index in [1.165, 1.54) is 5.56 Å². The number of hydrogen-bond donors (Lipinski definition) is 1. The molecule has 5 rings (SSSR count). The van der Waals surface area contributed by atoms with Gasteiger partial charge in [-0.3, -0.25) is 15.1 Å². The molecule has 0 aliphatic heterocycles. The minimum absolute atomic E-state index is 0.308. The van der Waals surface area contributed by atoms with Gasteiger partial charge in [-0.1, -0.05) is 48.6 Å². The van der Waals surface area contributed by atoms with Crippen molar-refractivity contribution >= 4 is 6.08 Å². The number of allylic oxidation sites excluding steroid dienone is 1. The van der Waals surface area contributed by atoms with Crippen LogP contribution in [-0.4, -0.2) is 20.2 Å². The maximum atomic E-state index is 4.70. The molecule has 0 saturated carbocycles. The largest absolute Gasteiger partial charge is 0.281 e. The van der Waals surface area contributed by atoms with E-state index in [-0.39, 0.29) is 5.41 Å². The second-order valence-corrected chi connectivity index (χ2v) is 6.76. The summed E-state index contributed by atoms with van der Waals surface area (Å²) in [4.78, 5) is 8.80. The summed E-state index contributed by atoms with van der Waals surface area (Å²) in [5.41, 5.74) is 6.26. The molecule has 27 heavy (non-hydrogen) atoms. The summed E-state index contributed by atoms with van der Waals surface area (Å²) in [5.74, 6) is 0. The maximum absolute atomic E-state index is 4.70. The lowest BCUT2D eigenvalue weighted by atomic mass is 9.70. The Balaban J connectivity index is 1.66. The van der Waals surface area contributed by atoms with Crippen molar-refractivity contribution in [2.24, 2.45) is 0 Å². The minimum Gasteiger partial charge on any atom is -0.281 e. The molecule has 1 unspecified atom stereocenters. The topological polar surface area (TPSA) is 54.5 Å². The third-order valence-corrected chi connectivity index (χ3v) is 5.24. The van der Waals surface area contributed by atoms with E-state index < -0.39 is 0 Å². The molecule has 1 N–H and O–H groups in total. The average molecular weight is 350 g/mol. The number of aromatic nitrogens is 4. The summed E-state index contributed by atoms with van der Waals surface area (Å²) in [7, 11) is 0. The van der Waals surface area contributed by atoms with Gasteiger partial charge in [0.2, 0.25) is 0 Å². The molecule has 0 spiro atoms. The zero-order valence-corrected chi connectivity index (χ0v) is 14.7. The van der Waals surface area contributed by atoms with E-state index in [0.29, 0.717) is 0 Å². The van der Waals surface area contributed by atoms with Gasteiger partial charge in [0.25, 0.3) is 0 Å². The molecule has 4 aromatic rings. The molecule has 0 saturated heterocycles. The van der Waals surface area contributed by atoms with E-state index in [1.54, 1.807) is 12.4 Å². The number of hydrogen-bond acceptors (Lipinski definition) is 3. The van der Waals surface area contributed by atoms with Gasteiger partial charge in [0.05, 0.1) is 16.8 Å². The van der Waals surface area contributed by atoms with Gasteiger partial charge in [-0.15, -0.1) is 0 Å². The first-order valence-corrected chi connectivity index (χ1v) is 9.01. The lowest BCUT2D eigenvalue weighted by molar-refractivity contribution is 0.601. The van der Waals surface area contributed by atoms with Crippen molar-refractivity contribution in [1.82, 2.24) is 20.2 Å². The third-order valence-electron chi connectivity index (χ3n) is 5.24. The zero-order chi connectivity index (χ0) is 18.1. The molecular weight excluding hydrogens is 332 g/mol. The zero-order valence-electron chi connectivity index (χ0n) is 14.7. The molecule has 4 nitrogen and oxygen atoms in total. The molecule has 1 aliphatic carbocycles. The van der Waals surface area contributed by atoms with Gasteiger partial charge in [0, 0.05) is 41.8 Å². The van der Waals surface area contributed by atoms with E-state index in [1.807, 2.05) is 36.5 Å². The van der Waals surface area contributed by atoms with Gasteiger partial charge in [-0.25, -0.2) is 0 Å². The van der Waals surface area contributed by atoms with Crippen molar-refractivity contribution < 1.29 is 0 Å². The predicted octanol–water partition coefficient (Wildman–Crippen LogP) is 4.42. The van der Waals surface area contributed by atoms with Crippen LogP contribution in [0.1, 0.15) is 22.5 Å². The Kier molecular flexibility index (Phi) is 3.68. The van der Waals surface area contributed by atoms with Crippen LogP contribution in [0, 0.1) is 0 Å². The van der Waals surface area contributed by atoms with Gasteiger partial charge in [0.1, 0.15) is 0 Å². The standard InChI is InChI=1S/C23H18N4/c1-2-6-18(7-3-1)23(21-8-4-5-13-25-21)12-9-19-20(16-23)26-27-22(19)17-10-14-24-15-11-17/h1-15H,16H2,(H,26,27). The van der Waals surface area contributed by atoms with Crippen LogP contribution in [-0.2, 0) is 11.8 Å². The Bertz CT molecular complexity index is 1040. The van der Waals surface area contributed by atoms with Crippen LogP contribution >= 0.6 is 0 Å². The molecule has 4 heteroatoms. The highest BCUT2D eigenvalue weighted by molar-refractivity contribution is 5.76. The van der Waals surface area contributed by atoms with Crippen LogP contribution in [0.25, 0.3) is 17.3 Å². The van der Waals surface area contributed by atoms with Gasteiger partial charge < -0.3 is 0 Å². The van der Waals surface area contributed by atoms with Crippen molar-refractivity contribution in [2.45, 2.75) is 11.8 Å². The number of aromatic amines is 1. The number of nitrogens with zero attached hydrogens (tertiary/aromatic N) is 3. The third kappa shape index (κ3) is 2.57. The van der Waals surface area contributed by atoms with E-state index in [0.717, 1.165) is 34.6 Å². The molecule has 1 atom stereocenters. The van der Waals surface area contributed by atoms with Crippen molar-refractivity contribution in [3.8, 4) is 11.3 Å². The highest BCUT2D eigenvalue weighted by Gasteiger charge is 2.37. The molecular formula is C23H18N4. The minimum atomic E-state index is -0.308. The van der Waals surface area contributed by atoms with Crippen molar-refractivity contribution in [3.63, 3.8) is 0 Å². The lowest BCUT2D eigenvalue weighted by Gasteiger charge is -2.33. The molecule has 0 bridgehead atoms. The molecule has 3 heterocycles.